The van der Waals surface area contributed by atoms with Crippen molar-refractivity contribution in [3.63, 3.8) is 0 Å². The summed E-state index contributed by atoms with van der Waals surface area (Å²) in [6, 6.07) is 8.94. The highest BCUT2D eigenvalue weighted by molar-refractivity contribution is 6.33. The van der Waals surface area contributed by atoms with Crippen molar-refractivity contribution in [2.24, 2.45) is 0 Å². The Morgan fingerprint density at radius 1 is 1.23 bits per heavy atom. The molecule has 0 aliphatic heterocycles. The molecule has 2 aromatic carbocycles. The Hall–Kier alpha value is -3.40. The standard InChI is InChI=1S/C19H13ClF4N4O2/c20-13-8-11(21)5-6-14(13)26-17-12(9-25)18(29)28-16(27-17)7-10-3-1-2-4-15(10)30-19(22,23)24/h1-6,8-9,25H,7H2,(H2,26,27,28,29). The van der Waals surface area contributed by atoms with E-state index in [2.05, 4.69) is 20.0 Å². The van der Waals surface area contributed by atoms with Crippen LogP contribution in [-0.4, -0.2) is 22.5 Å². The minimum Gasteiger partial charge on any atom is -0.405 e. The molecule has 0 spiro atoms. The van der Waals surface area contributed by atoms with E-state index in [4.69, 9.17) is 17.0 Å². The molecule has 6 nitrogen and oxygen atoms in total. The molecule has 3 N–H and O–H groups in total. The molecule has 0 fully saturated rings. The van der Waals surface area contributed by atoms with Crippen molar-refractivity contribution < 1.29 is 22.3 Å². The number of para-hydroxylation sites is 1. The quantitative estimate of drug-likeness (QED) is 0.379. The first-order chi connectivity index (χ1) is 14.2. The van der Waals surface area contributed by atoms with E-state index < -0.39 is 23.5 Å². The number of H-pyrrole nitrogens is 1. The average molecular weight is 441 g/mol. The first-order valence-corrected chi connectivity index (χ1v) is 8.73. The van der Waals surface area contributed by atoms with Crippen molar-refractivity contribution in [2.45, 2.75) is 12.8 Å². The Morgan fingerprint density at radius 3 is 2.63 bits per heavy atom. The van der Waals surface area contributed by atoms with Gasteiger partial charge in [0.15, 0.2) is 0 Å². The minimum atomic E-state index is -4.88. The topological polar surface area (TPSA) is 90.9 Å². The van der Waals surface area contributed by atoms with Crippen molar-refractivity contribution in [3.05, 3.63) is 80.6 Å². The fourth-order valence-electron chi connectivity index (χ4n) is 2.61. The molecule has 11 heteroatoms. The van der Waals surface area contributed by atoms with Crippen molar-refractivity contribution in [1.29, 1.82) is 5.41 Å². The molecular weight excluding hydrogens is 428 g/mol. The largest absolute Gasteiger partial charge is 0.573 e. The highest BCUT2D eigenvalue weighted by Crippen LogP contribution is 2.28. The molecule has 0 aliphatic rings. The number of nitrogens with one attached hydrogen (secondary N) is 3. The number of alkyl halides is 3. The summed E-state index contributed by atoms with van der Waals surface area (Å²) in [5.74, 6) is -1.05. The van der Waals surface area contributed by atoms with Gasteiger partial charge in [0.05, 0.1) is 16.3 Å². The van der Waals surface area contributed by atoms with Crippen LogP contribution in [0.15, 0.2) is 47.3 Å². The maximum Gasteiger partial charge on any atom is 0.573 e. The Bertz CT molecular complexity index is 1150. The van der Waals surface area contributed by atoms with E-state index in [1.807, 2.05) is 0 Å². The lowest BCUT2D eigenvalue weighted by molar-refractivity contribution is -0.274. The second-order valence-electron chi connectivity index (χ2n) is 6.00. The number of hydrogen-bond acceptors (Lipinski definition) is 5. The molecule has 0 saturated heterocycles. The van der Waals surface area contributed by atoms with E-state index in [1.54, 1.807) is 0 Å². The van der Waals surface area contributed by atoms with Crippen molar-refractivity contribution >= 4 is 29.3 Å². The van der Waals surface area contributed by atoms with Crippen LogP contribution in [0.1, 0.15) is 17.0 Å². The van der Waals surface area contributed by atoms with Crippen molar-refractivity contribution in [2.75, 3.05) is 5.32 Å². The van der Waals surface area contributed by atoms with E-state index >= 15 is 0 Å². The van der Waals surface area contributed by atoms with Crippen LogP contribution in [0.5, 0.6) is 5.75 Å². The summed E-state index contributed by atoms with van der Waals surface area (Å²) >= 11 is 5.97. The number of anilines is 2. The predicted molar refractivity (Wildman–Crippen MR) is 103 cm³/mol. The number of aromatic nitrogens is 2. The van der Waals surface area contributed by atoms with Crippen LogP contribution >= 0.6 is 11.6 Å². The Balaban J connectivity index is 1.98. The normalized spacial score (nSPS) is 11.2. The molecule has 0 aliphatic carbocycles. The summed E-state index contributed by atoms with van der Waals surface area (Å²) in [4.78, 5) is 19.0. The zero-order valence-electron chi connectivity index (χ0n) is 15.0. The van der Waals surface area contributed by atoms with Gasteiger partial charge in [0.2, 0.25) is 0 Å². The minimum absolute atomic E-state index is 0.0125. The molecular formula is C19H13ClF4N4O2. The third-order valence-electron chi connectivity index (χ3n) is 3.89. The molecule has 1 heterocycles. The Morgan fingerprint density at radius 2 is 1.97 bits per heavy atom. The molecule has 0 atom stereocenters. The molecule has 0 saturated carbocycles. The predicted octanol–water partition coefficient (Wildman–Crippen LogP) is 4.79. The number of rotatable bonds is 6. The summed E-state index contributed by atoms with van der Waals surface area (Å²) in [5.41, 5.74) is -0.471. The maximum atomic E-state index is 13.2. The summed E-state index contributed by atoms with van der Waals surface area (Å²) in [6.07, 6.45) is -4.31. The van der Waals surface area contributed by atoms with Gasteiger partial charge in [-0.05, 0) is 24.3 Å². The van der Waals surface area contributed by atoms with Crippen LogP contribution < -0.4 is 15.6 Å². The second kappa shape index (κ2) is 8.54. The van der Waals surface area contributed by atoms with Gasteiger partial charge in [-0.1, -0.05) is 29.8 Å². The van der Waals surface area contributed by atoms with Crippen LogP contribution in [0, 0.1) is 11.2 Å². The molecule has 3 rings (SSSR count). The van der Waals surface area contributed by atoms with E-state index in [0.29, 0.717) is 0 Å². The highest BCUT2D eigenvalue weighted by atomic mass is 35.5. The van der Waals surface area contributed by atoms with Gasteiger partial charge in [0, 0.05) is 18.2 Å². The van der Waals surface area contributed by atoms with Crippen LogP contribution in [0.4, 0.5) is 29.1 Å². The summed E-state index contributed by atoms with van der Waals surface area (Å²) < 4.78 is 55.1. The smallest absolute Gasteiger partial charge is 0.405 e. The third kappa shape index (κ3) is 5.15. The van der Waals surface area contributed by atoms with E-state index in [9.17, 15) is 22.4 Å². The van der Waals surface area contributed by atoms with Crippen molar-refractivity contribution in [3.8, 4) is 5.75 Å². The maximum absolute atomic E-state index is 13.2. The van der Waals surface area contributed by atoms with Crippen LogP contribution in [0.25, 0.3) is 0 Å². The zero-order chi connectivity index (χ0) is 21.9. The van der Waals surface area contributed by atoms with Gasteiger partial charge >= 0.3 is 6.36 Å². The molecule has 0 unspecified atom stereocenters. The van der Waals surface area contributed by atoms with Crippen molar-refractivity contribution in [1.82, 2.24) is 9.97 Å². The second-order valence-corrected chi connectivity index (χ2v) is 6.41. The fourth-order valence-corrected chi connectivity index (χ4v) is 2.83. The number of aromatic amines is 1. The van der Waals surface area contributed by atoms with Gasteiger partial charge in [-0.15, -0.1) is 13.2 Å². The van der Waals surface area contributed by atoms with E-state index in [0.717, 1.165) is 24.4 Å². The lowest BCUT2D eigenvalue weighted by atomic mass is 10.1. The SMILES string of the molecule is N=Cc1c(Nc2ccc(F)cc2Cl)nc(Cc2ccccc2OC(F)(F)F)[nH]c1=O. The molecule has 3 aromatic rings. The number of ether oxygens (including phenoxy) is 1. The monoisotopic (exact) mass is 440 g/mol. The van der Waals surface area contributed by atoms with E-state index in [-0.39, 0.29) is 39.9 Å². The molecule has 0 radical (unpaired) electrons. The lowest BCUT2D eigenvalue weighted by Gasteiger charge is -2.14. The van der Waals surface area contributed by atoms with Gasteiger partial charge in [-0.2, -0.15) is 0 Å². The summed E-state index contributed by atoms with van der Waals surface area (Å²) in [5, 5.41) is 10.2. The highest BCUT2D eigenvalue weighted by Gasteiger charge is 2.32. The molecule has 0 bridgehead atoms. The number of hydrogen-bond donors (Lipinski definition) is 3. The Labute approximate surface area is 172 Å². The molecule has 30 heavy (non-hydrogen) atoms. The number of nitrogens with zero attached hydrogens (tertiary/aromatic N) is 1. The van der Waals surface area contributed by atoms with Gasteiger partial charge in [0.1, 0.15) is 23.2 Å². The number of benzene rings is 2. The summed E-state index contributed by atoms with van der Waals surface area (Å²) in [7, 11) is 0. The van der Waals surface area contributed by atoms with Gasteiger partial charge in [0.25, 0.3) is 5.56 Å². The number of halogens is 5. The molecule has 0 amide bonds. The summed E-state index contributed by atoms with van der Waals surface area (Å²) in [6.45, 7) is 0. The zero-order valence-corrected chi connectivity index (χ0v) is 15.7. The lowest BCUT2D eigenvalue weighted by Crippen LogP contribution is -2.20. The molecule has 156 valence electrons. The van der Waals surface area contributed by atoms with Gasteiger partial charge in [-0.25, -0.2) is 9.37 Å². The van der Waals surface area contributed by atoms with E-state index in [1.165, 1.54) is 24.3 Å². The third-order valence-corrected chi connectivity index (χ3v) is 4.20. The average Bonchev–Trinajstić information content (AvgIpc) is 2.64. The van der Waals surface area contributed by atoms with Crippen LogP contribution in [0.2, 0.25) is 5.02 Å². The first-order valence-electron chi connectivity index (χ1n) is 8.35. The van der Waals surface area contributed by atoms with Gasteiger partial charge in [-0.3, -0.25) is 4.79 Å². The molecule has 1 aromatic heterocycles. The van der Waals surface area contributed by atoms with Crippen LogP contribution in [-0.2, 0) is 6.42 Å². The fraction of sp³-hybridized carbons (Fsp3) is 0.105. The first kappa shape index (κ1) is 21.3. The Kier molecular flexibility index (Phi) is 6.06. The van der Waals surface area contributed by atoms with Crippen LogP contribution in [0.3, 0.4) is 0 Å². The van der Waals surface area contributed by atoms with Gasteiger partial charge < -0.3 is 20.4 Å².